The van der Waals surface area contributed by atoms with E-state index in [1.54, 1.807) is 15.5 Å². The van der Waals surface area contributed by atoms with Gasteiger partial charge in [0.05, 0.1) is 15.9 Å². The maximum atomic E-state index is 12.5. The normalized spacial score (nSPS) is 16.7. The van der Waals surface area contributed by atoms with Gasteiger partial charge in [0, 0.05) is 25.4 Å². The topological polar surface area (TPSA) is 101 Å². The molecular weight excluding hydrogens is 370 g/mol. The minimum absolute atomic E-state index is 0.0611. The van der Waals surface area contributed by atoms with Gasteiger partial charge in [-0.05, 0) is 51.8 Å². The number of hydrogen-bond donors (Lipinski definition) is 1. The number of ether oxygens (including phenoxy) is 1. The number of sulfone groups is 1. The van der Waals surface area contributed by atoms with Gasteiger partial charge >= 0.3 is 11.8 Å². The quantitative estimate of drug-likeness (QED) is 0.841. The summed E-state index contributed by atoms with van der Waals surface area (Å²) in [5, 5.41) is 0. The van der Waals surface area contributed by atoms with Crippen LogP contribution in [0, 0.1) is 0 Å². The Hall–Kier alpha value is -2.29. The summed E-state index contributed by atoms with van der Waals surface area (Å²) in [6, 6.07) is 4.59. The lowest BCUT2D eigenvalue weighted by atomic mass is 10.0. The number of amides is 1. The number of benzene rings is 1. The van der Waals surface area contributed by atoms with Crippen molar-refractivity contribution >= 4 is 27.0 Å². The molecule has 1 aliphatic heterocycles. The molecule has 9 heteroatoms. The third-order valence-corrected chi connectivity index (χ3v) is 5.71. The van der Waals surface area contributed by atoms with Crippen molar-refractivity contribution in [1.29, 1.82) is 0 Å². The number of rotatable bonds is 2. The molecule has 0 spiro atoms. The lowest BCUT2D eigenvalue weighted by molar-refractivity contribution is 0.0189. The number of nitrogens with zero attached hydrogens (tertiary/aromatic N) is 2. The van der Waals surface area contributed by atoms with E-state index in [2.05, 4.69) is 4.98 Å². The fourth-order valence-corrected chi connectivity index (χ4v) is 3.98. The van der Waals surface area contributed by atoms with Gasteiger partial charge in [0.2, 0.25) is 0 Å². The predicted octanol–water partition coefficient (Wildman–Crippen LogP) is 2.31. The summed E-state index contributed by atoms with van der Waals surface area (Å²) in [6.07, 6.45) is 2.04. The average Bonchev–Trinajstić information content (AvgIpc) is 2.87. The fourth-order valence-electron chi connectivity index (χ4n) is 3.34. The first-order valence-electron chi connectivity index (χ1n) is 8.88. The van der Waals surface area contributed by atoms with Gasteiger partial charge in [0.25, 0.3) is 0 Å². The molecule has 1 amide bonds. The van der Waals surface area contributed by atoms with Crippen molar-refractivity contribution in [2.45, 2.75) is 50.2 Å². The molecule has 1 aliphatic rings. The molecule has 148 valence electrons. The molecule has 8 nitrogen and oxygen atoms in total. The van der Waals surface area contributed by atoms with Crippen molar-refractivity contribution in [3.8, 4) is 0 Å². The Balaban J connectivity index is 1.80. The first kappa shape index (κ1) is 19.5. The van der Waals surface area contributed by atoms with Crippen molar-refractivity contribution < 1.29 is 17.9 Å². The number of piperidine rings is 1. The Kier molecular flexibility index (Phi) is 4.83. The van der Waals surface area contributed by atoms with Crippen molar-refractivity contribution in [2.24, 2.45) is 0 Å². The number of aromatic amines is 1. The van der Waals surface area contributed by atoms with Crippen LogP contribution in [0.3, 0.4) is 0 Å². The standard InChI is InChI=1S/C18H25N3O5S/c1-18(2,3)26-17(23)20-9-7-12(8-10-20)21-15-6-5-13(27(4,24)25)11-14(15)19-16(21)22/h5-6,11-12H,7-10H2,1-4H3,(H,19,22). The molecule has 1 N–H and O–H groups in total. The van der Waals surface area contributed by atoms with Crippen molar-refractivity contribution in [1.82, 2.24) is 14.5 Å². The number of aromatic nitrogens is 2. The number of likely N-dealkylation sites (tertiary alicyclic amines) is 1. The van der Waals surface area contributed by atoms with Crippen molar-refractivity contribution in [3.05, 3.63) is 28.7 Å². The minimum atomic E-state index is -3.34. The van der Waals surface area contributed by atoms with E-state index in [1.807, 2.05) is 20.8 Å². The number of carbonyl (C=O) groups is 1. The van der Waals surface area contributed by atoms with Gasteiger partial charge in [0.1, 0.15) is 5.60 Å². The lowest BCUT2D eigenvalue weighted by Crippen LogP contribution is -2.43. The molecule has 0 unspecified atom stereocenters. The van der Waals surface area contributed by atoms with Crippen LogP contribution in [0.25, 0.3) is 11.0 Å². The van der Waals surface area contributed by atoms with Crippen molar-refractivity contribution in [2.75, 3.05) is 19.3 Å². The maximum Gasteiger partial charge on any atom is 0.410 e. The number of fused-ring (bicyclic) bond motifs is 1. The molecule has 0 atom stereocenters. The van der Waals surface area contributed by atoms with Gasteiger partial charge in [-0.1, -0.05) is 0 Å². The van der Waals surface area contributed by atoms with Gasteiger partial charge in [0.15, 0.2) is 9.84 Å². The number of H-pyrrole nitrogens is 1. The number of hydrogen-bond acceptors (Lipinski definition) is 5. The summed E-state index contributed by atoms with van der Waals surface area (Å²) < 4.78 is 30.5. The SMILES string of the molecule is CC(C)(C)OC(=O)N1CCC(n2c(=O)[nH]c3cc(S(C)(=O)=O)ccc32)CC1. The van der Waals surface area contributed by atoms with Gasteiger partial charge in [-0.15, -0.1) is 0 Å². The van der Waals surface area contributed by atoms with Crippen LogP contribution in [0.1, 0.15) is 39.7 Å². The second-order valence-electron chi connectivity index (χ2n) is 7.95. The van der Waals surface area contributed by atoms with Gasteiger partial charge in [-0.25, -0.2) is 18.0 Å². The summed E-state index contributed by atoms with van der Waals surface area (Å²) in [4.78, 5) is 29.2. The first-order valence-corrected chi connectivity index (χ1v) is 10.8. The van der Waals surface area contributed by atoms with E-state index in [1.165, 1.54) is 12.1 Å². The molecule has 1 aromatic carbocycles. The van der Waals surface area contributed by atoms with E-state index in [0.29, 0.717) is 37.0 Å². The number of imidazole rings is 1. The Morgan fingerprint density at radius 2 is 1.85 bits per heavy atom. The van der Waals surface area contributed by atoms with Crippen molar-refractivity contribution in [3.63, 3.8) is 0 Å². The highest BCUT2D eigenvalue weighted by molar-refractivity contribution is 7.90. The summed E-state index contributed by atoms with van der Waals surface area (Å²) in [5.74, 6) is 0. The van der Waals surface area contributed by atoms with Gasteiger partial charge in [-0.3, -0.25) is 4.57 Å². The van der Waals surface area contributed by atoms with Crippen LogP contribution in [0.2, 0.25) is 0 Å². The van der Waals surface area contributed by atoms with E-state index in [0.717, 1.165) is 6.26 Å². The molecule has 2 aromatic rings. The van der Waals surface area contributed by atoms with Crippen LogP contribution in [0.15, 0.2) is 27.9 Å². The van der Waals surface area contributed by atoms with E-state index in [4.69, 9.17) is 4.74 Å². The molecular formula is C18H25N3O5S. The smallest absolute Gasteiger partial charge is 0.410 e. The van der Waals surface area contributed by atoms with Gasteiger partial charge < -0.3 is 14.6 Å². The van der Waals surface area contributed by atoms with E-state index >= 15 is 0 Å². The number of nitrogens with one attached hydrogen (secondary N) is 1. The monoisotopic (exact) mass is 395 g/mol. The third-order valence-electron chi connectivity index (χ3n) is 4.60. The lowest BCUT2D eigenvalue weighted by Gasteiger charge is -2.33. The molecule has 1 saturated heterocycles. The van der Waals surface area contributed by atoms with Crippen LogP contribution in [0.5, 0.6) is 0 Å². The Morgan fingerprint density at radius 3 is 2.41 bits per heavy atom. The van der Waals surface area contributed by atoms with Crippen LogP contribution in [-0.4, -0.2) is 53.9 Å². The number of carbonyl (C=O) groups excluding carboxylic acids is 1. The molecule has 0 saturated carbocycles. The molecule has 0 bridgehead atoms. The summed E-state index contributed by atoms with van der Waals surface area (Å²) in [6.45, 7) is 6.48. The van der Waals surface area contributed by atoms with Crippen LogP contribution < -0.4 is 5.69 Å². The highest BCUT2D eigenvalue weighted by atomic mass is 32.2. The summed E-state index contributed by atoms with van der Waals surface area (Å²) in [5.41, 5.74) is 0.353. The molecule has 2 heterocycles. The summed E-state index contributed by atoms with van der Waals surface area (Å²) >= 11 is 0. The zero-order valence-electron chi connectivity index (χ0n) is 16.0. The zero-order chi connectivity index (χ0) is 20.0. The largest absolute Gasteiger partial charge is 0.444 e. The van der Waals surface area contributed by atoms with Gasteiger partial charge in [-0.2, -0.15) is 0 Å². The Labute approximate surface area is 158 Å². The second kappa shape index (κ2) is 6.70. The molecule has 3 rings (SSSR count). The predicted molar refractivity (Wildman–Crippen MR) is 102 cm³/mol. The highest BCUT2D eigenvalue weighted by Crippen LogP contribution is 2.27. The average molecular weight is 395 g/mol. The molecule has 27 heavy (non-hydrogen) atoms. The molecule has 0 aliphatic carbocycles. The fraction of sp³-hybridized carbons (Fsp3) is 0.556. The molecule has 0 radical (unpaired) electrons. The van der Waals surface area contributed by atoms with Crippen LogP contribution in [0.4, 0.5) is 4.79 Å². The zero-order valence-corrected chi connectivity index (χ0v) is 16.8. The Bertz CT molecular complexity index is 1020. The van der Waals surface area contributed by atoms with E-state index in [-0.39, 0.29) is 22.7 Å². The third kappa shape index (κ3) is 4.18. The second-order valence-corrected chi connectivity index (χ2v) is 9.97. The Morgan fingerprint density at radius 1 is 1.22 bits per heavy atom. The van der Waals surface area contributed by atoms with E-state index < -0.39 is 15.4 Å². The first-order chi connectivity index (χ1) is 12.5. The van der Waals surface area contributed by atoms with E-state index in [9.17, 15) is 18.0 Å². The summed E-state index contributed by atoms with van der Waals surface area (Å²) in [7, 11) is -3.34. The minimum Gasteiger partial charge on any atom is -0.444 e. The highest BCUT2D eigenvalue weighted by Gasteiger charge is 2.29. The molecule has 1 aromatic heterocycles. The maximum absolute atomic E-state index is 12.5. The van der Waals surface area contributed by atoms with Crippen LogP contribution in [-0.2, 0) is 14.6 Å². The molecule has 1 fully saturated rings. The van der Waals surface area contributed by atoms with Crippen LogP contribution >= 0.6 is 0 Å².